The monoisotopic (exact) mass is 281 g/mol. The first-order valence-electron chi connectivity index (χ1n) is 7.05. The van der Waals surface area contributed by atoms with Gasteiger partial charge in [-0.3, -0.25) is 10.1 Å². The van der Waals surface area contributed by atoms with Gasteiger partial charge in [0.15, 0.2) is 5.96 Å². The highest BCUT2D eigenvalue weighted by atomic mass is 16.6. The van der Waals surface area contributed by atoms with Crippen LogP contribution in [0.3, 0.4) is 0 Å². The van der Waals surface area contributed by atoms with Gasteiger partial charge in [0, 0.05) is 12.0 Å². The molecule has 6 heteroatoms. The predicted octanol–water partition coefficient (Wildman–Crippen LogP) is 1.61. The van der Waals surface area contributed by atoms with Crippen LogP contribution in [0.4, 0.5) is 0 Å². The van der Waals surface area contributed by atoms with Crippen LogP contribution in [0.5, 0.6) is 0 Å². The third-order valence-corrected chi connectivity index (χ3v) is 2.98. The largest absolute Gasteiger partial charge is 0.432 e. The number of carbonyl (C=O) groups is 2. The zero-order chi connectivity index (χ0) is 15.0. The van der Waals surface area contributed by atoms with E-state index in [9.17, 15) is 9.59 Å². The maximum Gasteiger partial charge on any atom is 0.335 e. The van der Waals surface area contributed by atoms with E-state index in [0.717, 1.165) is 19.3 Å². The van der Waals surface area contributed by atoms with Gasteiger partial charge in [0.2, 0.25) is 12.1 Å². The fourth-order valence-electron chi connectivity index (χ4n) is 1.85. The molecule has 0 radical (unpaired) electrons. The first kappa shape index (κ1) is 16.2. The molecular formula is C14H23N3O3. The third-order valence-electron chi connectivity index (χ3n) is 2.98. The minimum Gasteiger partial charge on any atom is -0.432 e. The van der Waals surface area contributed by atoms with E-state index in [0.29, 0.717) is 12.0 Å². The SMILES string of the molecule is CCCCCCCC(=O)N/C(N)=N/C1C=C(C)C(=O)O1. The second-order valence-electron chi connectivity index (χ2n) is 4.87. The van der Waals surface area contributed by atoms with Crippen LogP contribution >= 0.6 is 0 Å². The lowest BCUT2D eigenvalue weighted by Crippen LogP contribution is -2.37. The molecule has 1 heterocycles. The molecule has 0 aromatic carbocycles. The van der Waals surface area contributed by atoms with Crippen molar-refractivity contribution in [3.05, 3.63) is 11.6 Å². The Morgan fingerprint density at radius 3 is 2.70 bits per heavy atom. The lowest BCUT2D eigenvalue weighted by Gasteiger charge is -2.07. The first-order valence-corrected chi connectivity index (χ1v) is 7.05. The van der Waals surface area contributed by atoms with Crippen molar-refractivity contribution in [1.82, 2.24) is 5.32 Å². The van der Waals surface area contributed by atoms with Gasteiger partial charge in [0.1, 0.15) is 0 Å². The van der Waals surface area contributed by atoms with E-state index in [4.69, 9.17) is 10.5 Å². The smallest absolute Gasteiger partial charge is 0.335 e. The number of nitrogens with one attached hydrogen (secondary N) is 1. The quantitative estimate of drug-likeness (QED) is 0.321. The highest BCUT2D eigenvalue weighted by Gasteiger charge is 2.21. The summed E-state index contributed by atoms with van der Waals surface area (Å²) in [6.45, 7) is 3.79. The van der Waals surface area contributed by atoms with Crippen LogP contribution in [0.2, 0.25) is 0 Å². The molecule has 112 valence electrons. The Morgan fingerprint density at radius 1 is 1.40 bits per heavy atom. The maximum absolute atomic E-state index is 11.6. The average molecular weight is 281 g/mol. The van der Waals surface area contributed by atoms with Crippen LogP contribution in [-0.2, 0) is 14.3 Å². The van der Waals surface area contributed by atoms with E-state index < -0.39 is 12.2 Å². The zero-order valence-corrected chi connectivity index (χ0v) is 12.1. The molecule has 0 aromatic heterocycles. The van der Waals surface area contributed by atoms with Gasteiger partial charge >= 0.3 is 5.97 Å². The maximum atomic E-state index is 11.6. The third kappa shape index (κ3) is 5.86. The number of esters is 1. The van der Waals surface area contributed by atoms with Crippen LogP contribution in [0.15, 0.2) is 16.6 Å². The number of hydrogen-bond acceptors (Lipinski definition) is 4. The summed E-state index contributed by atoms with van der Waals surface area (Å²) in [4.78, 5) is 26.6. The number of carbonyl (C=O) groups excluding carboxylic acids is 2. The molecule has 0 saturated heterocycles. The molecule has 0 aliphatic carbocycles. The lowest BCUT2D eigenvalue weighted by atomic mass is 10.1. The van der Waals surface area contributed by atoms with Gasteiger partial charge in [0.25, 0.3) is 0 Å². The van der Waals surface area contributed by atoms with Crippen molar-refractivity contribution < 1.29 is 14.3 Å². The van der Waals surface area contributed by atoms with E-state index >= 15 is 0 Å². The lowest BCUT2D eigenvalue weighted by molar-refractivity contribution is -0.139. The van der Waals surface area contributed by atoms with Crippen molar-refractivity contribution in [1.29, 1.82) is 0 Å². The minimum absolute atomic E-state index is 0.0210. The van der Waals surface area contributed by atoms with Crippen molar-refractivity contribution >= 4 is 17.8 Å². The van der Waals surface area contributed by atoms with Gasteiger partial charge in [0.05, 0.1) is 0 Å². The Kier molecular flexibility index (Phi) is 6.76. The number of amides is 1. The van der Waals surface area contributed by atoms with E-state index in [2.05, 4.69) is 17.2 Å². The van der Waals surface area contributed by atoms with Crippen molar-refractivity contribution in [3.63, 3.8) is 0 Å². The fourth-order valence-corrected chi connectivity index (χ4v) is 1.85. The molecule has 1 amide bonds. The number of aliphatic imine (C=N–C) groups is 1. The Bertz CT molecular complexity index is 416. The zero-order valence-electron chi connectivity index (χ0n) is 12.1. The summed E-state index contributed by atoms with van der Waals surface area (Å²) >= 11 is 0. The second kappa shape index (κ2) is 8.35. The second-order valence-corrected chi connectivity index (χ2v) is 4.87. The molecule has 0 bridgehead atoms. The number of unbranched alkanes of at least 4 members (excludes halogenated alkanes) is 4. The van der Waals surface area contributed by atoms with Gasteiger partial charge in [-0.2, -0.15) is 0 Å². The molecule has 1 aliphatic heterocycles. The Balaban J connectivity index is 2.26. The number of cyclic esters (lactones) is 1. The summed E-state index contributed by atoms with van der Waals surface area (Å²) in [5.41, 5.74) is 6.09. The van der Waals surface area contributed by atoms with Gasteiger partial charge in [-0.1, -0.05) is 32.6 Å². The first-order chi connectivity index (χ1) is 9.52. The van der Waals surface area contributed by atoms with Gasteiger partial charge < -0.3 is 10.5 Å². The van der Waals surface area contributed by atoms with Crippen LogP contribution in [0.25, 0.3) is 0 Å². The van der Waals surface area contributed by atoms with Crippen LogP contribution < -0.4 is 11.1 Å². The Labute approximate surface area is 119 Å². The molecule has 0 spiro atoms. The molecule has 0 fully saturated rings. The van der Waals surface area contributed by atoms with E-state index in [1.807, 2.05) is 0 Å². The Morgan fingerprint density at radius 2 is 2.10 bits per heavy atom. The predicted molar refractivity (Wildman–Crippen MR) is 76.8 cm³/mol. The molecule has 0 aromatic rings. The molecule has 1 aliphatic rings. The number of ether oxygens (including phenoxy) is 1. The molecule has 1 rings (SSSR count). The van der Waals surface area contributed by atoms with Crippen molar-refractivity contribution in [2.45, 2.75) is 58.6 Å². The molecule has 1 atom stereocenters. The van der Waals surface area contributed by atoms with Crippen LogP contribution in [-0.4, -0.2) is 24.1 Å². The molecule has 1 unspecified atom stereocenters. The topological polar surface area (TPSA) is 93.8 Å². The molecule has 3 N–H and O–H groups in total. The summed E-state index contributed by atoms with van der Waals surface area (Å²) < 4.78 is 4.90. The standard InChI is InChI=1S/C14H23N3O3/c1-3-4-5-6-7-8-11(18)16-14(15)17-12-9-10(2)13(19)20-12/h9,12H,3-8H2,1-2H3,(H3,15,16,17,18). The van der Waals surface area contributed by atoms with E-state index in [1.54, 1.807) is 13.0 Å². The number of guanidine groups is 1. The molecule has 0 saturated carbocycles. The van der Waals surface area contributed by atoms with Crippen LogP contribution in [0.1, 0.15) is 52.4 Å². The van der Waals surface area contributed by atoms with Gasteiger partial charge in [-0.25, -0.2) is 9.79 Å². The summed E-state index contributed by atoms with van der Waals surface area (Å²) in [5, 5.41) is 2.50. The van der Waals surface area contributed by atoms with Crippen molar-refractivity contribution in [2.75, 3.05) is 0 Å². The fraction of sp³-hybridized carbons (Fsp3) is 0.643. The number of nitrogens with two attached hydrogens (primary N) is 1. The number of hydrogen-bond donors (Lipinski definition) is 2. The number of rotatable bonds is 7. The highest BCUT2D eigenvalue weighted by molar-refractivity contribution is 5.96. The van der Waals surface area contributed by atoms with E-state index in [1.165, 1.54) is 12.8 Å². The highest BCUT2D eigenvalue weighted by Crippen LogP contribution is 2.13. The summed E-state index contributed by atoms with van der Waals surface area (Å²) in [6.07, 6.45) is 6.67. The Hall–Kier alpha value is -1.85. The summed E-state index contributed by atoms with van der Waals surface area (Å²) in [5.74, 6) is -0.589. The molecular weight excluding hydrogens is 258 g/mol. The van der Waals surface area contributed by atoms with Crippen molar-refractivity contribution in [2.24, 2.45) is 10.7 Å². The number of nitrogens with zero attached hydrogens (tertiary/aromatic N) is 1. The van der Waals surface area contributed by atoms with Gasteiger partial charge in [-0.05, 0) is 19.4 Å². The van der Waals surface area contributed by atoms with Crippen LogP contribution in [0, 0.1) is 0 Å². The van der Waals surface area contributed by atoms with E-state index in [-0.39, 0.29) is 11.9 Å². The average Bonchev–Trinajstić information content (AvgIpc) is 2.67. The minimum atomic E-state index is -0.729. The normalized spacial score (nSPS) is 18.7. The molecule has 20 heavy (non-hydrogen) atoms. The van der Waals surface area contributed by atoms with Crippen molar-refractivity contribution in [3.8, 4) is 0 Å². The van der Waals surface area contributed by atoms with Gasteiger partial charge in [-0.15, -0.1) is 0 Å². The molecule has 6 nitrogen and oxygen atoms in total. The summed E-state index contributed by atoms with van der Waals surface area (Å²) in [7, 11) is 0. The summed E-state index contributed by atoms with van der Waals surface area (Å²) in [6, 6.07) is 0.